The maximum absolute atomic E-state index is 11.6. The Labute approximate surface area is 105 Å². The second-order valence-corrected chi connectivity index (χ2v) is 4.29. The van der Waals surface area contributed by atoms with E-state index in [1.807, 2.05) is 0 Å². The summed E-state index contributed by atoms with van der Waals surface area (Å²) in [6.45, 7) is 0. The summed E-state index contributed by atoms with van der Waals surface area (Å²) in [6, 6.07) is 6.66. The molecule has 0 heterocycles. The highest BCUT2D eigenvalue weighted by molar-refractivity contribution is 5.97. The summed E-state index contributed by atoms with van der Waals surface area (Å²) in [5.74, 6) is -0.826. The van der Waals surface area contributed by atoms with Gasteiger partial charge in [-0.15, -0.1) is 0 Å². The molecule has 1 fully saturated rings. The standard InChI is InChI=1S/C14H15NO3/c16-13-8-4-1-5-10(13)9-15-12-7-3-2-6-11(12)14(17)18/h2-3,6-7,9,15H,1,4-5,8H2,(H,17,18)/b10-9-. The lowest BCUT2D eigenvalue weighted by molar-refractivity contribution is -0.116. The minimum Gasteiger partial charge on any atom is -0.478 e. The van der Waals surface area contributed by atoms with E-state index in [1.165, 1.54) is 6.07 Å². The molecular formula is C14H15NO3. The number of nitrogens with one attached hydrogen (secondary N) is 1. The summed E-state index contributed by atoms with van der Waals surface area (Å²) in [5, 5.41) is 12.0. The minimum absolute atomic E-state index is 0.154. The third-order valence-electron chi connectivity index (χ3n) is 3.02. The van der Waals surface area contributed by atoms with Gasteiger partial charge in [0.25, 0.3) is 0 Å². The van der Waals surface area contributed by atoms with Crippen LogP contribution in [0.2, 0.25) is 0 Å². The average molecular weight is 245 g/mol. The van der Waals surface area contributed by atoms with Crippen LogP contribution in [0.1, 0.15) is 36.0 Å². The smallest absolute Gasteiger partial charge is 0.337 e. The number of para-hydroxylation sites is 1. The molecule has 0 aromatic heterocycles. The van der Waals surface area contributed by atoms with Crippen LogP contribution in [0.25, 0.3) is 0 Å². The van der Waals surface area contributed by atoms with Crippen molar-refractivity contribution in [1.29, 1.82) is 0 Å². The number of aromatic carboxylic acids is 1. The number of carboxylic acids is 1. The third kappa shape index (κ3) is 2.77. The van der Waals surface area contributed by atoms with E-state index in [0.717, 1.165) is 24.8 Å². The van der Waals surface area contributed by atoms with Crippen molar-refractivity contribution in [3.8, 4) is 0 Å². The summed E-state index contributed by atoms with van der Waals surface area (Å²) in [7, 11) is 0. The van der Waals surface area contributed by atoms with Crippen molar-refractivity contribution in [1.82, 2.24) is 0 Å². The number of hydrogen-bond donors (Lipinski definition) is 2. The predicted octanol–water partition coefficient (Wildman–Crippen LogP) is 2.82. The largest absolute Gasteiger partial charge is 0.478 e. The zero-order chi connectivity index (χ0) is 13.0. The van der Waals surface area contributed by atoms with Crippen LogP contribution >= 0.6 is 0 Å². The molecule has 0 amide bonds. The predicted molar refractivity (Wildman–Crippen MR) is 68.6 cm³/mol. The van der Waals surface area contributed by atoms with Gasteiger partial charge in [-0.2, -0.15) is 0 Å². The molecule has 1 aliphatic carbocycles. The second kappa shape index (κ2) is 5.49. The molecule has 0 bridgehead atoms. The van der Waals surface area contributed by atoms with E-state index < -0.39 is 5.97 Å². The van der Waals surface area contributed by atoms with Crippen molar-refractivity contribution in [2.45, 2.75) is 25.7 Å². The fourth-order valence-electron chi connectivity index (χ4n) is 2.01. The normalized spacial score (nSPS) is 17.8. The van der Waals surface area contributed by atoms with Gasteiger partial charge in [-0.25, -0.2) is 4.79 Å². The minimum atomic E-state index is -0.980. The van der Waals surface area contributed by atoms with Gasteiger partial charge in [0.1, 0.15) is 0 Å². The molecule has 1 aromatic carbocycles. The Morgan fingerprint density at radius 1 is 1.22 bits per heavy atom. The number of rotatable bonds is 3. The number of carbonyl (C=O) groups excluding carboxylic acids is 1. The lowest BCUT2D eigenvalue weighted by atomic mass is 9.94. The van der Waals surface area contributed by atoms with Crippen LogP contribution in [0.5, 0.6) is 0 Å². The summed E-state index contributed by atoms with van der Waals surface area (Å²) in [5.41, 5.74) is 1.47. The zero-order valence-electron chi connectivity index (χ0n) is 9.98. The van der Waals surface area contributed by atoms with Crippen molar-refractivity contribution in [3.05, 3.63) is 41.6 Å². The van der Waals surface area contributed by atoms with E-state index in [9.17, 15) is 9.59 Å². The van der Waals surface area contributed by atoms with Crippen molar-refractivity contribution in [2.75, 3.05) is 5.32 Å². The van der Waals surface area contributed by atoms with Gasteiger partial charge < -0.3 is 10.4 Å². The van der Waals surface area contributed by atoms with E-state index in [-0.39, 0.29) is 11.3 Å². The molecule has 0 unspecified atom stereocenters. The van der Waals surface area contributed by atoms with Gasteiger partial charge in [-0.05, 0) is 31.4 Å². The Balaban J connectivity index is 2.17. The van der Waals surface area contributed by atoms with Gasteiger partial charge in [0.05, 0.1) is 11.3 Å². The van der Waals surface area contributed by atoms with Gasteiger partial charge in [-0.3, -0.25) is 4.79 Å². The van der Waals surface area contributed by atoms with Crippen LogP contribution in [0.3, 0.4) is 0 Å². The van der Waals surface area contributed by atoms with Crippen molar-refractivity contribution in [2.24, 2.45) is 0 Å². The Kier molecular flexibility index (Phi) is 3.77. The molecule has 18 heavy (non-hydrogen) atoms. The fraction of sp³-hybridized carbons (Fsp3) is 0.286. The first-order chi connectivity index (χ1) is 8.68. The van der Waals surface area contributed by atoms with Crippen LogP contribution in [0.4, 0.5) is 5.69 Å². The third-order valence-corrected chi connectivity index (χ3v) is 3.02. The number of ketones is 1. The molecule has 2 N–H and O–H groups in total. The summed E-state index contributed by atoms with van der Waals surface area (Å²) < 4.78 is 0. The number of hydrogen-bond acceptors (Lipinski definition) is 3. The van der Waals surface area contributed by atoms with Crippen LogP contribution in [-0.4, -0.2) is 16.9 Å². The fourth-order valence-corrected chi connectivity index (χ4v) is 2.01. The molecule has 0 radical (unpaired) electrons. The van der Waals surface area contributed by atoms with Gasteiger partial charge >= 0.3 is 5.97 Å². The monoisotopic (exact) mass is 245 g/mol. The van der Waals surface area contributed by atoms with Crippen molar-refractivity contribution in [3.63, 3.8) is 0 Å². The van der Waals surface area contributed by atoms with E-state index in [2.05, 4.69) is 5.32 Å². The zero-order valence-corrected chi connectivity index (χ0v) is 9.98. The highest BCUT2D eigenvalue weighted by Gasteiger charge is 2.15. The number of carbonyl (C=O) groups is 2. The van der Waals surface area contributed by atoms with Gasteiger partial charge in [0.15, 0.2) is 5.78 Å². The Morgan fingerprint density at radius 2 is 1.94 bits per heavy atom. The number of anilines is 1. The van der Waals surface area contributed by atoms with Crippen LogP contribution in [-0.2, 0) is 4.79 Å². The molecule has 1 aromatic rings. The second-order valence-electron chi connectivity index (χ2n) is 4.29. The molecule has 0 saturated heterocycles. The molecule has 2 rings (SSSR count). The van der Waals surface area contributed by atoms with Gasteiger partial charge in [0, 0.05) is 18.2 Å². The van der Waals surface area contributed by atoms with Crippen LogP contribution in [0.15, 0.2) is 36.0 Å². The maximum atomic E-state index is 11.6. The topological polar surface area (TPSA) is 66.4 Å². The van der Waals surface area contributed by atoms with Crippen molar-refractivity contribution < 1.29 is 14.7 Å². The van der Waals surface area contributed by atoms with E-state index in [1.54, 1.807) is 24.4 Å². The number of benzene rings is 1. The van der Waals surface area contributed by atoms with Gasteiger partial charge in [-0.1, -0.05) is 12.1 Å². The highest BCUT2D eigenvalue weighted by atomic mass is 16.4. The molecule has 0 spiro atoms. The van der Waals surface area contributed by atoms with E-state index >= 15 is 0 Å². The van der Waals surface area contributed by atoms with Gasteiger partial charge in [0.2, 0.25) is 0 Å². The first-order valence-corrected chi connectivity index (χ1v) is 5.99. The molecule has 1 aliphatic rings. The Hall–Kier alpha value is -2.10. The first-order valence-electron chi connectivity index (χ1n) is 5.99. The SMILES string of the molecule is O=C1CCCC/C1=C/Nc1ccccc1C(=O)O. The highest BCUT2D eigenvalue weighted by Crippen LogP contribution is 2.21. The quantitative estimate of drug-likeness (QED) is 0.803. The van der Waals surface area contributed by atoms with Crippen molar-refractivity contribution >= 4 is 17.4 Å². The number of carboxylic acid groups (broad SMARTS) is 1. The molecular weight excluding hydrogens is 230 g/mol. The van der Waals surface area contributed by atoms with E-state index in [4.69, 9.17) is 5.11 Å². The number of allylic oxidation sites excluding steroid dienone is 1. The Morgan fingerprint density at radius 3 is 2.67 bits per heavy atom. The molecule has 4 nitrogen and oxygen atoms in total. The molecule has 0 atom stereocenters. The molecule has 1 saturated carbocycles. The average Bonchev–Trinajstić information content (AvgIpc) is 2.38. The molecule has 94 valence electrons. The maximum Gasteiger partial charge on any atom is 0.337 e. The van der Waals surface area contributed by atoms with E-state index in [0.29, 0.717) is 12.1 Å². The number of Topliss-reactive ketones (excluding diaryl/α,β-unsaturated/α-hetero) is 1. The lowest BCUT2D eigenvalue weighted by Gasteiger charge is -2.13. The summed E-state index contributed by atoms with van der Waals surface area (Å²) in [4.78, 5) is 22.6. The van der Waals surface area contributed by atoms with Crippen LogP contribution in [0, 0.1) is 0 Å². The lowest BCUT2D eigenvalue weighted by Crippen LogP contribution is -2.10. The Bertz CT molecular complexity index is 506. The summed E-state index contributed by atoms with van der Waals surface area (Å²) in [6.07, 6.45) is 4.96. The molecule has 4 heteroatoms. The van der Waals surface area contributed by atoms with Crippen LogP contribution < -0.4 is 5.32 Å². The first kappa shape index (κ1) is 12.4. The summed E-state index contributed by atoms with van der Waals surface area (Å²) >= 11 is 0. The molecule has 0 aliphatic heterocycles.